The van der Waals surface area contributed by atoms with Crippen molar-refractivity contribution in [2.75, 3.05) is 7.11 Å². The zero-order valence-corrected chi connectivity index (χ0v) is 11.9. The first kappa shape index (κ1) is 12.9. The largest absolute Gasteiger partial charge is 0.496 e. The third kappa shape index (κ3) is 3.71. The molecule has 2 nitrogen and oxygen atoms in total. The van der Waals surface area contributed by atoms with Gasteiger partial charge in [-0.05, 0) is 25.0 Å². The molecule has 0 bridgehead atoms. The average Bonchev–Trinajstić information content (AvgIpc) is 2.38. The van der Waals surface area contributed by atoms with Crippen LogP contribution in [0.2, 0.25) is 0 Å². The Labute approximate surface area is 112 Å². The Balaban J connectivity index is 1.93. The number of hydrogen-bond donors (Lipinski definition) is 1. The lowest BCUT2D eigenvalue weighted by molar-refractivity contribution is 0.365. The molecule has 1 saturated carbocycles. The maximum Gasteiger partial charge on any atom is 0.124 e. The van der Waals surface area contributed by atoms with Crippen molar-refractivity contribution in [1.82, 2.24) is 5.32 Å². The molecule has 1 aliphatic carbocycles. The number of halogens is 1. The Hall–Kier alpha value is -0.540. The van der Waals surface area contributed by atoms with Crippen molar-refractivity contribution < 1.29 is 4.74 Å². The molecule has 1 aromatic rings. The molecule has 0 heterocycles. The van der Waals surface area contributed by atoms with Crippen LogP contribution in [-0.4, -0.2) is 13.2 Å². The Bertz CT molecular complexity index is 361. The maximum atomic E-state index is 5.40. The zero-order chi connectivity index (χ0) is 12.1. The Morgan fingerprint density at radius 3 is 2.76 bits per heavy atom. The van der Waals surface area contributed by atoms with Gasteiger partial charge in [-0.3, -0.25) is 0 Å². The normalized spacial score (nSPS) is 17.1. The quantitative estimate of drug-likeness (QED) is 0.911. The molecule has 0 saturated heterocycles. The molecule has 2 rings (SSSR count). The molecule has 1 aliphatic rings. The highest BCUT2D eigenvalue weighted by Crippen LogP contribution is 2.24. The van der Waals surface area contributed by atoms with Crippen LogP contribution in [0, 0.1) is 0 Å². The standard InChI is InChI=1S/C14H20BrNO/c1-17-14-9-12(15)8-7-11(14)10-16-13-5-3-2-4-6-13/h7-9,13,16H,2-6,10H2,1H3. The van der Waals surface area contributed by atoms with Crippen LogP contribution in [0.1, 0.15) is 37.7 Å². The fourth-order valence-corrected chi connectivity index (χ4v) is 2.77. The molecular formula is C14H20BrNO. The van der Waals surface area contributed by atoms with E-state index in [2.05, 4.69) is 33.4 Å². The Kier molecular flexibility index (Phi) is 4.86. The third-order valence-corrected chi connectivity index (χ3v) is 3.93. The van der Waals surface area contributed by atoms with Crippen LogP contribution in [0.4, 0.5) is 0 Å². The highest BCUT2D eigenvalue weighted by Gasteiger charge is 2.13. The van der Waals surface area contributed by atoms with E-state index >= 15 is 0 Å². The van der Waals surface area contributed by atoms with Crippen LogP contribution in [0.5, 0.6) is 5.75 Å². The van der Waals surface area contributed by atoms with E-state index in [9.17, 15) is 0 Å². The Morgan fingerprint density at radius 2 is 2.06 bits per heavy atom. The van der Waals surface area contributed by atoms with Gasteiger partial charge in [0.05, 0.1) is 7.11 Å². The van der Waals surface area contributed by atoms with Gasteiger partial charge in [0.2, 0.25) is 0 Å². The SMILES string of the molecule is COc1cc(Br)ccc1CNC1CCCCC1. The van der Waals surface area contributed by atoms with Crippen LogP contribution in [0.3, 0.4) is 0 Å². The summed E-state index contributed by atoms with van der Waals surface area (Å²) in [5.74, 6) is 0.961. The topological polar surface area (TPSA) is 21.3 Å². The van der Waals surface area contributed by atoms with E-state index in [1.165, 1.54) is 37.7 Å². The van der Waals surface area contributed by atoms with E-state index < -0.39 is 0 Å². The second kappa shape index (κ2) is 6.41. The van der Waals surface area contributed by atoms with E-state index in [1.807, 2.05) is 6.07 Å². The number of ether oxygens (including phenoxy) is 1. The summed E-state index contributed by atoms with van der Waals surface area (Å²) in [5.41, 5.74) is 1.24. The molecular weight excluding hydrogens is 278 g/mol. The van der Waals surface area contributed by atoms with Gasteiger partial charge >= 0.3 is 0 Å². The molecule has 1 fully saturated rings. The monoisotopic (exact) mass is 297 g/mol. The van der Waals surface area contributed by atoms with Crippen molar-refractivity contribution in [3.8, 4) is 5.75 Å². The van der Waals surface area contributed by atoms with Crippen molar-refractivity contribution in [3.05, 3.63) is 28.2 Å². The van der Waals surface area contributed by atoms with E-state index in [0.717, 1.165) is 16.8 Å². The summed E-state index contributed by atoms with van der Waals surface area (Å²) in [7, 11) is 1.73. The molecule has 94 valence electrons. The van der Waals surface area contributed by atoms with Crippen LogP contribution in [0.15, 0.2) is 22.7 Å². The maximum absolute atomic E-state index is 5.40. The molecule has 1 N–H and O–H groups in total. The van der Waals surface area contributed by atoms with Crippen LogP contribution in [-0.2, 0) is 6.54 Å². The van der Waals surface area contributed by atoms with Gasteiger partial charge in [0.25, 0.3) is 0 Å². The predicted molar refractivity (Wildman–Crippen MR) is 74.4 cm³/mol. The molecule has 0 amide bonds. The van der Waals surface area contributed by atoms with E-state index in [0.29, 0.717) is 6.04 Å². The first-order chi connectivity index (χ1) is 8.29. The minimum atomic E-state index is 0.692. The highest BCUT2D eigenvalue weighted by atomic mass is 79.9. The number of hydrogen-bond acceptors (Lipinski definition) is 2. The second-order valence-electron chi connectivity index (χ2n) is 4.67. The fourth-order valence-electron chi connectivity index (χ4n) is 2.43. The molecule has 0 spiro atoms. The van der Waals surface area contributed by atoms with E-state index in [1.54, 1.807) is 7.11 Å². The van der Waals surface area contributed by atoms with Crippen LogP contribution in [0.25, 0.3) is 0 Å². The number of methoxy groups -OCH3 is 1. The van der Waals surface area contributed by atoms with Gasteiger partial charge in [0.1, 0.15) is 5.75 Å². The van der Waals surface area contributed by atoms with Crippen molar-refractivity contribution in [3.63, 3.8) is 0 Å². The summed E-state index contributed by atoms with van der Waals surface area (Å²) >= 11 is 3.46. The lowest BCUT2D eigenvalue weighted by Gasteiger charge is -2.23. The second-order valence-corrected chi connectivity index (χ2v) is 5.59. The molecule has 0 aromatic heterocycles. The molecule has 17 heavy (non-hydrogen) atoms. The van der Waals surface area contributed by atoms with Crippen LogP contribution >= 0.6 is 15.9 Å². The first-order valence-electron chi connectivity index (χ1n) is 6.35. The smallest absolute Gasteiger partial charge is 0.124 e. The fraction of sp³-hybridized carbons (Fsp3) is 0.571. The zero-order valence-electron chi connectivity index (χ0n) is 10.3. The van der Waals surface area contributed by atoms with Gasteiger partial charge in [-0.25, -0.2) is 0 Å². The summed E-state index contributed by atoms with van der Waals surface area (Å²) < 4.78 is 6.46. The molecule has 0 radical (unpaired) electrons. The van der Waals surface area contributed by atoms with Crippen molar-refractivity contribution in [2.24, 2.45) is 0 Å². The van der Waals surface area contributed by atoms with Gasteiger partial charge in [-0.1, -0.05) is 41.3 Å². The lowest BCUT2D eigenvalue weighted by atomic mass is 9.95. The van der Waals surface area contributed by atoms with Crippen molar-refractivity contribution in [1.29, 1.82) is 0 Å². The molecule has 0 atom stereocenters. The minimum Gasteiger partial charge on any atom is -0.496 e. The lowest BCUT2D eigenvalue weighted by Crippen LogP contribution is -2.30. The number of rotatable bonds is 4. The molecule has 0 aliphatic heterocycles. The van der Waals surface area contributed by atoms with Crippen LogP contribution < -0.4 is 10.1 Å². The summed E-state index contributed by atoms with van der Waals surface area (Å²) in [6, 6.07) is 6.91. The summed E-state index contributed by atoms with van der Waals surface area (Å²) in [6.07, 6.45) is 6.78. The number of nitrogens with one attached hydrogen (secondary N) is 1. The minimum absolute atomic E-state index is 0.692. The van der Waals surface area contributed by atoms with Gasteiger partial charge in [0, 0.05) is 22.6 Å². The van der Waals surface area contributed by atoms with Crippen molar-refractivity contribution in [2.45, 2.75) is 44.7 Å². The summed E-state index contributed by atoms with van der Waals surface area (Å²) in [4.78, 5) is 0. The molecule has 3 heteroatoms. The van der Waals surface area contributed by atoms with E-state index in [4.69, 9.17) is 4.74 Å². The van der Waals surface area contributed by atoms with Gasteiger partial charge in [-0.2, -0.15) is 0 Å². The van der Waals surface area contributed by atoms with Gasteiger partial charge < -0.3 is 10.1 Å². The summed E-state index contributed by atoms with van der Waals surface area (Å²) in [6.45, 7) is 0.904. The predicted octanol–water partition coefficient (Wildman–Crippen LogP) is 3.88. The molecule has 1 aromatic carbocycles. The average molecular weight is 298 g/mol. The van der Waals surface area contributed by atoms with E-state index in [-0.39, 0.29) is 0 Å². The highest BCUT2D eigenvalue weighted by molar-refractivity contribution is 9.10. The molecule has 0 unspecified atom stereocenters. The third-order valence-electron chi connectivity index (χ3n) is 3.44. The Morgan fingerprint density at radius 1 is 1.29 bits per heavy atom. The number of benzene rings is 1. The van der Waals surface area contributed by atoms with Crippen molar-refractivity contribution >= 4 is 15.9 Å². The first-order valence-corrected chi connectivity index (χ1v) is 7.14. The van der Waals surface area contributed by atoms with Gasteiger partial charge in [0.15, 0.2) is 0 Å². The van der Waals surface area contributed by atoms with Gasteiger partial charge in [-0.15, -0.1) is 0 Å². The summed E-state index contributed by atoms with van der Waals surface area (Å²) in [5, 5.41) is 3.64.